The largest absolute Gasteiger partial charge is 0.319 e. The van der Waals surface area contributed by atoms with Crippen molar-refractivity contribution in [2.24, 2.45) is 11.3 Å². The molecule has 1 saturated carbocycles. The predicted octanol–water partition coefficient (Wildman–Crippen LogP) is 2.78. The molecule has 0 radical (unpaired) electrons. The molecular weight excluding hydrogens is 258 g/mol. The maximum atomic E-state index is 12.2. The smallest absolute Gasteiger partial charge is 0.293 e. The van der Waals surface area contributed by atoms with Crippen LogP contribution in [-0.2, 0) is 4.79 Å². The summed E-state index contributed by atoms with van der Waals surface area (Å²) in [4.78, 5) is 22.7. The monoisotopic (exact) mass is 273 g/mol. The van der Waals surface area contributed by atoms with E-state index in [1.165, 1.54) is 12.1 Å². The van der Waals surface area contributed by atoms with Crippen LogP contribution in [0, 0.1) is 39.7 Å². The van der Waals surface area contributed by atoms with Gasteiger partial charge in [-0.05, 0) is 37.3 Å². The first kappa shape index (κ1) is 14.0. The first-order valence-electron chi connectivity index (χ1n) is 6.36. The molecule has 0 unspecified atom stereocenters. The van der Waals surface area contributed by atoms with Gasteiger partial charge in [-0.2, -0.15) is 5.26 Å². The number of nitriles is 1. The Balaban J connectivity index is 2.25. The van der Waals surface area contributed by atoms with E-state index in [0.29, 0.717) is 18.8 Å². The van der Waals surface area contributed by atoms with E-state index in [2.05, 4.69) is 5.32 Å². The highest BCUT2D eigenvalue weighted by molar-refractivity contribution is 5.99. The van der Waals surface area contributed by atoms with Crippen molar-refractivity contribution in [3.05, 3.63) is 33.9 Å². The molecule has 0 spiro atoms. The van der Waals surface area contributed by atoms with Crippen molar-refractivity contribution in [1.29, 1.82) is 5.26 Å². The molecule has 104 valence electrons. The molecule has 1 N–H and O–H groups in total. The standard InChI is InChI=1S/C14H15N3O3/c1-9-3-4-11(12(5-9)17(19)20)16-13(18)14(8-15)6-10(2)7-14/h3-5,10H,6-7H2,1-2H3,(H,16,18). The van der Waals surface area contributed by atoms with Gasteiger partial charge in [-0.15, -0.1) is 0 Å². The molecule has 1 aromatic carbocycles. The highest BCUT2D eigenvalue weighted by Gasteiger charge is 2.49. The average Bonchev–Trinajstić information content (AvgIpc) is 2.36. The van der Waals surface area contributed by atoms with Crippen LogP contribution in [0.5, 0.6) is 0 Å². The van der Waals surface area contributed by atoms with Gasteiger partial charge in [0.05, 0.1) is 11.0 Å². The van der Waals surface area contributed by atoms with Gasteiger partial charge in [0.15, 0.2) is 0 Å². The number of nitrogens with one attached hydrogen (secondary N) is 1. The van der Waals surface area contributed by atoms with Crippen molar-refractivity contribution >= 4 is 17.3 Å². The number of aryl methyl sites for hydroxylation is 1. The summed E-state index contributed by atoms with van der Waals surface area (Å²) in [7, 11) is 0. The number of carbonyl (C=O) groups excluding carboxylic acids is 1. The first-order chi connectivity index (χ1) is 9.38. The zero-order valence-corrected chi connectivity index (χ0v) is 11.3. The Morgan fingerprint density at radius 1 is 1.55 bits per heavy atom. The molecule has 1 fully saturated rings. The highest BCUT2D eigenvalue weighted by atomic mass is 16.6. The lowest BCUT2D eigenvalue weighted by atomic mass is 9.63. The van der Waals surface area contributed by atoms with Gasteiger partial charge in [0, 0.05) is 6.07 Å². The Hall–Kier alpha value is -2.42. The zero-order chi connectivity index (χ0) is 14.9. The van der Waals surface area contributed by atoms with Crippen LogP contribution in [0.25, 0.3) is 0 Å². The molecule has 6 heteroatoms. The fraction of sp³-hybridized carbons (Fsp3) is 0.429. The van der Waals surface area contributed by atoms with E-state index in [1.54, 1.807) is 13.0 Å². The van der Waals surface area contributed by atoms with E-state index >= 15 is 0 Å². The Morgan fingerprint density at radius 2 is 2.20 bits per heavy atom. The summed E-state index contributed by atoms with van der Waals surface area (Å²) in [5.41, 5.74) is -0.321. The van der Waals surface area contributed by atoms with Crippen molar-refractivity contribution in [3.63, 3.8) is 0 Å². The van der Waals surface area contributed by atoms with Crippen LogP contribution in [0.3, 0.4) is 0 Å². The van der Waals surface area contributed by atoms with Gasteiger partial charge in [-0.1, -0.05) is 13.0 Å². The Morgan fingerprint density at radius 3 is 2.70 bits per heavy atom. The maximum Gasteiger partial charge on any atom is 0.293 e. The summed E-state index contributed by atoms with van der Waals surface area (Å²) in [5.74, 6) is -0.126. The molecule has 0 heterocycles. The third-order valence-corrected chi connectivity index (χ3v) is 3.64. The number of nitrogens with zero attached hydrogens (tertiary/aromatic N) is 2. The maximum absolute atomic E-state index is 12.2. The highest BCUT2D eigenvalue weighted by Crippen LogP contribution is 2.46. The lowest BCUT2D eigenvalue weighted by Crippen LogP contribution is -2.45. The second kappa shape index (κ2) is 4.93. The fourth-order valence-corrected chi connectivity index (χ4v) is 2.60. The summed E-state index contributed by atoms with van der Waals surface area (Å²) in [5, 5.41) is 22.7. The zero-order valence-electron chi connectivity index (χ0n) is 11.3. The normalized spacial score (nSPS) is 24.4. The third-order valence-electron chi connectivity index (χ3n) is 3.64. The average molecular weight is 273 g/mol. The second-order valence-corrected chi connectivity index (χ2v) is 5.44. The van der Waals surface area contributed by atoms with Gasteiger partial charge in [0.2, 0.25) is 5.91 Å². The molecule has 0 aromatic heterocycles. The minimum absolute atomic E-state index is 0.139. The van der Waals surface area contributed by atoms with Crippen molar-refractivity contribution in [3.8, 4) is 6.07 Å². The van der Waals surface area contributed by atoms with Crippen molar-refractivity contribution in [1.82, 2.24) is 0 Å². The Labute approximate surface area is 116 Å². The predicted molar refractivity (Wildman–Crippen MR) is 72.9 cm³/mol. The van der Waals surface area contributed by atoms with Crippen LogP contribution in [-0.4, -0.2) is 10.8 Å². The van der Waals surface area contributed by atoms with Gasteiger partial charge in [0.1, 0.15) is 11.1 Å². The van der Waals surface area contributed by atoms with E-state index in [0.717, 1.165) is 5.56 Å². The number of rotatable bonds is 3. The van der Waals surface area contributed by atoms with E-state index in [1.807, 2.05) is 13.0 Å². The summed E-state index contributed by atoms with van der Waals surface area (Å²) in [6.07, 6.45) is 0.990. The quantitative estimate of drug-likeness (QED) is 0.676. The van der Waals surface area contributed by atoms with E-state index < -0.39 is 16.2 Å². The number of benzene rings is 1. The van der Waals surface area contributed by atoms with E-state index in [9.17, 15) is 20.2 Å². The molecule has 2 rings (SSSR count). The third kappa shape index (κ3) is 2.35. The minimum Gasteiger partial charge on any atom is -0.319 e. The van der Waals surface area contributed by atoms with Crippen molar-refractivity contribution in [2.45, 2.75) is 26.7 Å². The van der Waals surface area contributed by atoms with Gasteiger partial charge in [0.25, 0.3) is 5.69 Å². The number of amides is 1. The van der Waals surface area contributed by atoms with Crippen LogP contribution >= 0.6 is 0 Å². The molecule has 1 aliphatic carbocycles. The molecule has 6 nitrogen and oxygen atoms in total. The summed E-state index contributed by atoms with van der Waals surface area (Å²) in [6.45, 7) is 3.71. The molecule has 20 heavy (non-hydrogen) atoms. The lowest BCUT2D eigenvalue weighted by Gasteiger charge is -2.39. The molecule has 0 bridgehead atoms. The Kier molecular flexibility index (Phi) is 3.45. The van der Waals surface area contributed by atoms with Crippen LogP contribution in [0.15, 0.2) is 18.2 Å². The minimum atomic E-state index is -1.04. The summed E-state index contributed by atoms with van der Waals surface area (Å²) < 4.78 is 0. The van der Waals surface area contributed by atoms with Crippen LogP contribution in [0.1, 0.15) is 25.3 Å². The molecule has 0 atom stereocenters. The number of hydrogen-bond acceptors (Lipinski definition) is 4. The van der Waals surface area contributed by atoms with Crippen LogP contribution in [0.2, 0.25) is 0 Å². The number of nitro benzene ring substituents is 1. The SMILES string of the molecule is Cc1ccc(NC(=O)C2(C#N)CC(C)C2)c([N+](=O)[O-])c1. The van der Waals surface area contributed by atoms with Crippen molar-refractivity contribution in [2.75, 3.05) is 5.32 Å². The summed E-state index contributed by atoms with van der Waals surface area (Å²) in [6, 6.07) is 6.63. The fourth-order valence-electron chi connectivity index (χ4n) is 2.60. The number of hydrogen-bond donors (Lipinski definition) is 1. The molecule has 1 amide bonds. The van der Waals surface area contributed by atoms with Crippen LogP contribution < -0.4 is 5.32 Å². The molecule has 1 aliphatic rings. The molecule has 0 saturated heterocycles. The van der Waals surface area contributed by atoms with Gasteiger partial charge in [-0.3, -0.25) is 14.9 Å². The molecule has 0 aliphatic heterocycles. The topological polar surface area (TPSA) is 96.0 Å². The van der Waals surface area contributed by atoms with E-state index in [-0.39, 0.29) is 11.4 Å². The Bertz CT molecular complexity index is 613. The van der Waals surface area contributed by atoms with Crippen molar-refractivity contribution < 1.29 is 9.72 Å². The van der Waals surface area contributed by atoms with Gasteiger partial charge >= 0.3 is 0 Å². The number of carbonyl (C=O) groups is 1. The van der Waals surface area contributed by atoms with Crippen LogP contribution in [0.4, 0.5) is 11.4 Å². The first-order valence-corrected chi connectivity index (χ1v) is 6.36. The number of nitro groups is 1. The number of anilines is 1. The van der Waals surface area contributed by atoms with E-state index in [4.69, 9.17) is 0 Å². The molecule has 1 aromatic rings. The van der Waals surface area contributed by atoms with Gasteiger partial charge in [-0.25, -0.2) is 0 Å². The van der Waals surface area contributed by atoms with Gasteiger partial charge < -0.3 is 5.32 Å². The summed E-state index contributed by atoms with van der Waals surface area (Å²) >= 11 is 0. The second-order valence-electron chi connectivity index (χ2n) is 5.44. The molecular formula is C14H15N3O3. The lowest BCUT2D eigenvalue weighted by molar-refractivity contribution is -0.384.